The maximum Gasteiger partial charge on any atom is 0.351 e. The number of benzene rings is 1. The van der Waals surface area contributed by atoms with Crippen LogP contribution in [0.4, 0.5) is 10.1 Å². The summed E-state index contributed by atoms with van der Waals surface area (Å²) in [4.78, 5) is 10.9. The van der Waals surface area contributed by atoms with Crippen molar-refractivity contribution >= 4 is 29.6 Å². The summed E-state index contributed by atoms with van der Waals surface area (Å²) in [5.41, 5.74) is 0.0599. The van der Waals surface area contributed by atoms with Crippen LogP contribution in [0.1, 0.15) is 6.92 Å². The second-order valence-corrected chi connectivity index (χ2v) is 3.03. The van der Waals surface area contributed by atoms with Crippen LogP contribution in [0.3, 0.4) is 0 Å². The first-order chi connectivity index (χ1) is 7.65. The van der Waals surface area contributed by atoms with E-state index in [0.717, 1.165) is 10.7 Å². The van der Waals surface area contributed by atoms with E-state index in [1.54, 1.807) is 13.0 Å². The molecule has 16 heavy (non-hydrogen) atoms. The summed E-state index contributed by atoms with van der Waals surface area (Å²) < 4.78 is 18.5. The summed E-state index contributed by atoms with van der Waals surface area (Å²) >= 11 is 5.64. The van der Waals surface area contributed by atoms with Crippen molar-refractivity contribution in [2.24, 2.45) is 5.10 Å². The summed E-state index contributed by atoms with van der Waals surface area (Å²) in [6, 6.07) is 5.81. The molecule has 1 aromatic carbocycles. The first kappa shape index (κ1) is 12.4. The molecule has 0 aliphatic rings. The van der Waals surface area contributed by atoms with Gasteiger partial charge >= 0.3 is 5.97 Å². The monoisotopic (exact) mass is 244 g/mol. The van der Waals surface area contributed by atoms with Crippen LogP contribution in [-0.2, 0) is 9.53 Å². The lowest BCUT2D eigenvalue weighted by atomic mass is 10.3. The van der Waals surface area contributed by atoms with Crippen LogP contribution in [0.5, 0.6) is 0 Å². The SMILES string of the molecule is CCOC(=O)C=NN(Cl)c1ccccc1F. The molecule has 0 saturated heterocycles. The lowest BCUT2D eigenvalue weighted by Crippen LogP contribution is -2.10. The zero-order chi connectivity index (χ0) is 12.0. The number of hydrazone groups is 1. The lowest BCUT2D eigenvalue weighted by Gasteiger charge is -2.09. The van der Waals surface area contributed by atoms with Gasteiger partial charge in [-0.15, -0.1) is 0 Å². The van der Waals surface area contributed by atoms with Gasteiger partial charge in [-0.2, -0.15) is 9.63 Å². The standard InChI is InChI=1S/C10H10ClFN2O2/c1-2-16-10(15)7-13-14(11)9-6-4-3-5-8(9)12/h3-7H,2H2,1H3. The highest BCUT2D eigenvalue weighted by Crippen LogP contribution is 2.20. The van der Waals surface area contributed by atoms with Crippen molar-refractivity contribution in [1.29, 1.82) is 0 Å². The van der Waals surface area contributed by atoms with Crippen LogP contribution in [0.2, 0.25) is 0 Å². The van der Waals surface area contributed by atoms with Gasteiger partial charge < -0.3 is 4.74 Å². The van der Waals surface area contributed by atoms with Crippen molar-refractivity contribution in [3.05, 3.63) is 30.1 Å². The average molecular weight is 245 g/mol. The third kappa shape index (κ3) is 3.51. The third-order valence-corrected chi connectivity index (χ3v) is 1.87. The number of nitrogens with zero attached hydrogens (tertiary/aromatic N) is 2. The molecule has 0 amide bonds. The molecule has 0 aliphatic heterocycles. The maximum absolute atomic E-state index is 13.2. The molecule has 0 aliphatic carbocycles. The van der Waals surface area contributed by atoms with Gasteiger partial charge in [0.1, 0.15) is 17.7 Å². The zero-order valence-corrected chi connectivity index (χ0v) is 9.32. The molecule has 0 saturated carbocycles. The van der Waals surface area contributed by atoms with Gasteiger partial charge in [-0.1, -0.05) is 12.1 Å². The number of halogens is 2. The minimum atomic E-state index is -0.635. The van der Waals surface area contributed by atoms with Gasteiger partial charge in [0.25, 0.3) is 0 Å². The van der Waals surface area contributed by atoms with Crippen LogP contribution in [0.25, 0.3) is 0 Å². The van der Waals surface area contributed by atoms with Gasteiger partial charge in [-0.3, -0.25) is 0 Å². The van der Waals surface area contributed by atoms with Crippen molar-refractivity contribution in [2.75, 3.05) is 11.1 Å². The van der Waals surface area contributed by atoms with Crippen molar-refractivity contribution < 1.29 is 13.9 Å². The van der Waals surface area contributed by atoms with E-state index in [4.69, 9.17) is 11.8 Å². The van der Waals surface area contributed by atoms with E-state index in [1.807, 2.05) is 0 Å². The highest BCUT2D eigenvalue weighted by atomic mass is 35.5. The van der Waals surface area contributed by atoms with Gasteiger partial charge in [0, 0.05) is 11.8 Å². The van der Waals surface area contributed by atoms with E-state index in [9.17, 15) is 9.18 Å². The van der Waals surface area contributed by atoms with Crippen LogP contribution in [0.15, 0.2) is 29.4 Å². The van der Waals surface area contributed by atoms with Crippen molar-refractivity contribution in [2.45, 2.75) is 6.92 Å². The van der Waals surface area contributed by atoms with Crippen LogP contribution < -0.4 is 4.53 Å². The fourth-order valence-electron chi connectivity index (χ4n) is 0.941. The Labute approximate surface area is 97.4 Å². The highest BCUT2D eigenvalue weighted by molar-refractivity contribution is 6.28. The second kappa shape index (κ2) is 6.07. The third-order valence-electron chi connectivity index (χ3n) is 1.60. The summed E-state index contributed by atoms with van der Waals surface area (Å²) in [5.74, 6) is -1.16. The zero-order valence-electron chi connectivity index (χ0n) is 8.56. The lowest BCUT2D eigenvalue weighted by molar-refractivity contribution is -0.134. The maximum atomic E-state index is 13.2. The highest BCUT2D eigenvalue weighted by Gasteiger charge is 2.07. The van der Waals surface area contributed by atoms with Crippen molar-refractivity contribution in [1.82, 2.24) is 0 Å². The summed E-state index contributed by atoms with van der Waals surface area (Å²) in [6.07, 6.45) is 0.878. The Balaban J connectivity index is 2.69. The fraction of sp³-hybridized carbons (Fsp3) is 0.200. The van der Waals surface area contributed by atoms with Gasteiger partial charge in [0.05, 0.1) is 6.61 Å². The first-order valence-electron chi connectivity index (χ1n) is 4.56. The molecule has 6 heteroatoms. The molecule has 0 atom stereocenters. The molecule has 0 N–H and O–H groups in total. The Hall–Kier alpha value is -1.62. The first-order valence-corrected chi connectivity index (χ1v) is 4.90. The van der Waals surface area contributed by atoms with E-state index in [2.05, 4.69) is 9.84 Å². The predicted molar refractivity (Wildman–Crippen MR) is 59.9 cm³/mol. The fourth-order valence-corrected chi connectivity index (χ4v) is 1.12. The average Bonchev–Trinajstić information content (AvgIpc) is 2.27. The number of hydrogen-bond acceptors (Lipinski definition) is 4. The topological polar surface area (TPSA) is 41.9 Å². The van der Waals surface area contributed by atoms with Gasteiger partial charge in [0.15, 0.2) is 0 Å². The van der Waals surface area contributed by atoms with Gasteiger partial charge in [-0.25, -0.2) is 9.18 Å². The number of para-hydroxylation sites is 1. The Morgan fingerprint density at radius 2 is 2.31 bits per heavy atom. The molecule has 0 fully saturated rings. The number of ether oxygens (including phenoxy) is 1. The molecule has 86 valence electrons. The number of anilines is 1. The molecule has 1 rings (SSSR count). The smallest absolute Gasteiger partial charge is 0.351 e. The molecule has 0 spiro atoms. The Bertz CT molecular complexity index is 398. The molecule has 0 aromatic heterocycles. The van der Waals surface area contributed by atoms with E-state index < -0.39 is 11.8 Å². The normalized spacial score (nSPS) is 10.4. The summed E-state index contributed by atoms with van der Waals surface area (Å²) in [7, 11) is 0. The number of hydrogen-bond donors (Lipinski definition) is 0. The molecular weight excluding hydrogens is 235 g/mol. The predicted octanol–water partition coefficient (Wildman–Crippen LogP) is 2.33. The van der Waals surface area contributed by atoms with Gasteiger partial charge in [0.2, 0.25) is 0 Å². The van der Waals surface area contributed by atoms with E-state index in [0.29, 0.717) is 0 Å². The molecule has 0 radical (unpaired) electrons. The number of rotatable bonds is 4. The van der Waals surface area contributed by atoms with Crippen LogP contribution in [0, 0.1) is 5.82 Å². The van der Waals surface area contributed by atoms with Crippen LogP contribution >= 0.6 is 11.8 Å². The van der Waals surface area contributed by atoms with E-state index in [-0.39, 0.29) is 12.3 Å². The minimum absolute atomic E-state index is 0.0599. The minimum Gasteiger partial charge on any atom is -0.462 e. The summed E-state index contributed by atoms with van der Waals surface area (Å²) in [5, 5.41) is 3.53. The van der Waals surface area contributed by atoms with E-state index >= 15 is 0 Å². The number of carbonyl (C=O) groups is 1. The molecular formula is C10H10ClFN2O2. The van der Waals surface area contributed by atoms with E-state index in [1.165, 1.54) is 18.2 Å². The van der Waals surface area contributed by atoms with Crippen molar-refractivity contribution in [3.8, 4) is 0 Å². The van der Waals surface area contributed by atoms with Crippen LogP contribution in [-0.4, -0.2) is 18.8 Å². The summed E-state index contributed by atoms with van der Waals surface area (Å²) in [6.45, 7) is 1.91. The molecule has 4 nitrogen and oxygen atoms in total. The molecule has 1 aromatic rings. The largest absolute Gasteiger partial charge is 0.462 e. The number of esters is 1. The van der Waals surface area contributed by atoms with Gasteiger partial charge in [-0.05, 0) is 19.1 Å². The molecule has 0 bridgehead atoms. The quantitative estimate of drug-likeness (QED) is 0.353. The number of carbonyl (C=O) groups excluding carboxylic acids is 1. The van der Waals surface area contributed by atoms with Crippen molar-refractivity contribution in [3.63, 3.8) is 0 Å². The second-order valence-electron chi connectivity index (χ2n) is 2.71. The Morgan fingerprint density at radius 1 is 1.62 bits per heavy atom. The molecule has 0 unspecified atom stereocenters. The Morgan fingerprint density at radius 3 is 2.94 bits per heavy atom. The molecule has 0 heterocycles. The Kier molecular flexibility index (Phi) is 4.72.